The first-order chi connectivity index (χ1) is 9.99. The summed E-state index contributed by atoms with van der Waals surface area (Å²) in [5.74, 6) is 1.26. The average Bonchev–Trinajstić information content (AvgIpc) is 2.85. The lowest BCUT2D eigenvalue weighted by molar-refractivity contribution is 0.332. The van der Waals surface area contributed by atoms with Crippen LogP contribution in [0, 0.1) is 17.7 Å². The van der Waals surface area contributed by atoms with Gasteiger partial charge in [-0.1, -0.05) is 34.9 Å². The summed E-state index contributed by atoms with van der Waals surface area (Å²) in [6.07, 6.45) is 1.63. The fraction of sp³-hybridized carbons (Fsp3) is 0.467. The molecular weight excluding hydrogens is 337 g/mol. The Morgan fingerprint density at radius 1 is 1.38 bits per heavy atom. The molecule has 0 amide bonds. The average molecular weight is 356 g/mol. The molecule has 0 fully saturated rings. The van der Waals surface area contributed by atoms with Gasteiger partial charge in [-0.3, -0.25) is 0 Å². The molecule has 0 aliphatic rings. The summed E-state index contributed by atoms with van der Waals surface area (Å²) in [4.78, 5) is 4.28. The second kappa shape index (κ2) is 7.13. The van der Waals surface area contributed by atoms with E-state index in [-0.39, 0.29) is 11.6 Å². The number of nitrogens with zero attached hydrogens (tertiary/aromatic N) is 2. The van der Waals surface area contributed by atoms with Gasteiger partial charge in [0, 0.05) is 10.9 Å². The van der Waals surface area contributed by atoms with E-state index in [1.165, 1.54) is 6.07 Å². The number of rotatable bonds is 6. The number of aromatic nitrogens is 2. The Morgan fingerprint density at radius 2 is 2.14 bits per heavy atom. The predicted octanol–water partition coefficient (Wildman–Crippen LogP) is 3.80. The van der Waals surface area contributed by atoms with Crippen LogP contribution in [0.3, 0.4) is 0 Å². The molecule has 2 aromatic rings. The highest BCUT2D eigenvalue weighted by Crippen LogP contribution is 2.24. The van der Waals surface area contributed by atoms with Crippen LogP contribution >= 0.6 is 15.9 Å². The lowest BCUT2D eigenvalue weighted by atomic mass is 9.94. The van der Waals surface area contributed by atoms with Crippen molar-refractivity contribution >= 4 is 15.9 Å². The molecule has 0 aliphatic heterocycles. The molecule has 4 nitrogen and oxygen atoms in total. The van der Waals surface area contributed by atoms with E-state index >= 15 is 0 Å². The fourth-order valence-corrected chi connectivity index (χ4v) is 2.63. The molecule has 0 aliphatic carbocycles. The van der Waals surface area contributed by atoms with Gasteiger partial charge in [-0.2, -0.15) is 4.98 Å². The number of halogens is 2. The molecule has 2 N–H and O–H groups in total. The third-order valence-corrected chi connectivity index (χ3v) is 3.73. The van der Waals surface area contributed by atoms with Gasteiger partial charge in [0.05, 0.1) is 5.56 Å². The van der Waals surface area contributed by atoms with Crippen LogP contribution in [0.4, 0.5) is 4.39 Å². The van der Waals surface area contributed by atoms with Crippen molar-refractivity contribution in [1.82, 2.24) is 10.1 Å². The van der Waals surface area contributed by atoms with Crippen LogP contribution in [0.25, 0.3) is 11.4 Å². The highest BCUT2D eigenvalue weighted by Gasteiger charge is 2.17. The van der Waals surface area contributed by atoms with Crippen LogP contribution in [0.15, 0.2) is 27.2 Å². The molecule has 0 saturated heterocycles. The van der Waals surface area contributed by atoms with Crippen LogP contribution in [0.5, 0.6) is 0 Å². The van der Waals surface area contributed by atoms with Crippen LogP contribution in [-0.2, 0) is 6.42 Å². The van der Waals surface area contributed by atoms with Gasteiger partial charge in [0.1, 0.15) is 5.82 Å². The molecule has 0 unspecified atom stereocenters. The first kappa shape index (κ1) is 16.1. The molecule has 1 aromatic carbocycles. The number of hydrogen-bond donors (Lipinski definition) is 1. The third kappa shape index (κ3) is 4.35. The Kier molecular flexibility index (Phi) is 5.47. The SMILES string of the molecule is CC(C)C[C@H](CN)Cc1nc(-c2ccc(Br)cc2F)no1. The van der Waals surface area contributed by atoms with Crippen LogP contribution in [0.2, 0.25) is 0 Å². The van der Waals surface area contributed by atoms with E-state index in [1.807, 2.05) is 0 Å². The van der Waals surface area contributed by atoms with E-state index in [2.05, 4.69) is 39.9 Å². The summed E-state index contributed by atoms with van der Waals surface area (Å²) in [5, 5.41) is 3.86. The van der Waals surface area contributed by atoms with E-state index in [4.69, 9.17) is 10.3 Å². The molecule has 2 rings (SSSR count). The molecule has 0 radical (unpaired) electrons. The quantitative estimate of drug-likeness (QED) is 0.855. The molecule has 21 heavy (non-hydrogen) atoms. The van der Waals surface area contributed by atoms with Gasteiger partial charge in [-0.15, -0.1) is 0 Å². The van der Waals surface area contributed by atoms with E-state index in [9.17, 15) is 4.39 Å². The highest BCUT2D eigenvalue weighted by molar-refractivity contribution is 9.10. The zero-order chi connectivity index (χ0) is 15.4. The molecule has 1 heterocycles. The molecule has 1 aromatic heterocycles. The Labute approximate surface area is 132 Å². The molecule has 114 valence electrons. The van der Waals surface area contributed by atoms with Crippen molar-refractivity contribution in [2.75, 3.05) is 6.54 Å². The van der Waals surface area contributed by atoms with Gasteiger partial charge in [0.2, 0.25) is 11.7 Å². The summed E-state index contributed by atoms with van der Waals surface area (Å²) < 4.78 is 19.8. The van der Waals surface area contributed by atoms with Gasteiger partial charge in [0.25, 0.3) is 0 Å². The van der Waals surface area contributed by atoms with Crippen LogP contribution < -0.4 is 5.73 Å². The van der Waals surface area contributed by atoms with Crippen molar-refractivity contribution < 1.29 is 8.91 Å². The maximum Gasteiger partial charge on any atom is 0.227 e. The third-order valence-electron chi connectivity index (χ3n) is 3.24. The van der Waals surface area contributed by atoms with E-state index in [0.29, 0.717) is 40.7 Å². The first-order valence-electron chi connectivity index (χ1n) is 6.97. The standard InChI is InChI=1S/C15H19BrFN3O/c1-9(2)5-10(8-18)6-14-19-15(20-21-14)12-4-3-11(16)7-13(12)17/h3-4,7,9-10H,5-6,8,18H2,1-2H3/t10-/m0/s1. The Balaban J connectivity index is 2.14. The lowest BCUT2D eigenvalue weighted by Crippen LogP contribution is -2.19. The second-order valence-electron chi connectivity index (χ2n) is 5.57. The smallest absolute Gasteiger partial charge is 0.227 e. The molecule has 0 spiro atoms. The molecular formula is C15H19BrFN3O. The van der Waals surface area contributed by atoms with Crippen molar-refractivity contribution in [3.05, 3.63) is 34.4 Å². The van der Waals surface area contributed by atoms with E-state index < -0.39 is 0 Å². The molecule has 0 saturated carbocycles. The normalized spacial score (nSPS) is 12.9. The fourth-order valence-electron chi connectivity index (χ4n) is 2.29. The van der Waals surface area contributed by atoms with Crippen molar-refractivity contribution in [1.29, 1.82) is 0 Å². The molecule has 0 bridgehead atoms. The minimum Gasteiger partial charge on any atom is -0.339 e. The lowest BCUT2D eigenvalue weighted by Gasteiger charge is -2.14. The van der Waals surface area contributed by atoms with Gasteiger partial charge in [-0.05, 0) is 43.0 Å². The molecule has 1 atom stereocenters. The van der Waals surface area contributed by atoms with Gasteiger partial charge in [0.15, 0.2) is 0 Å². The van der Waals surface area contributed by atoms with Gasteiger partial charge in [-0.25, -0.2) is 4.39 Å². The first-order valence-corrected chi connectivity index (χ1v) is 7.77. The van der Waals surface area contributed by atoms with E-state index in [0.717, 1.165) is 6.42 Å². The maximum absolute atomic E-state index is 13.9. The van der Waals surface area contributed by atoms with Crippen LogP contribution in [0.1, 0.15) is 26.2 Å². The summed E-state index contributed by atoms with van der Waals surface area (Å²) >= 11 is 3.22. The van der Waals surface area contributed by atoms with E-state index in [1.54, 1.807) is 12.1 Å². The Morgan fingerprint density at radius 3 is 2.76 bits per heavy atom. The van der Waals surface area contributed by atoms with Crippen molar-refractivity contribution in [2.24, 2.45) is 17.6 Å². The summed E-state index contributed by atoms with van der Waals surface area (Å²) in [6, 6.07) is 4.76. The monoisotopic (exact) mass is 355 g/mol. The predicted molar refractivity (Wildman–Crippen MR) is 83.1 cm³/mol. The maximum atomic E-state index is 13.9. The minimum absolute atomic E-state index is 0.273. The van der Waals surface area contributed by atoms with Gasteiger partial charge >= 0.3 is 0 Å². The van der Waals surface area contributed by atoms with Crippen LogP contribution in [-0.4, -0.2) is 16.7 Å². The highest BCUT2D eigenvalue weighted by atomic mass is 79.9. The van der Waals surface area contributed by atoms with Crippen molar-refractivity contribution in [3.8, 4) is 11.4 Å². The summed E-state index contributed by atoms with van der Waals surface area (Å²) in [6.45, 7) is 4.88. The zero-order valence-corrected chi connectivity index (χ0v) is 13.7. The zero-order valence-electron chi connectivity index (χ0n) is 12.1. The summed E-state index contributed by atoms with van der Waals surface area (Å²) in [7, 11) is 0. The van der Waals surface area contributed by atoms with Crippen molar-refractivity contribution in [2.45, 2.75) is 26.7 Å². The van der Waals surface area contributed by atoms with Gasteiger partial charge < -0.3 is 10.3 Å². The largest absolute Gasteiger partial charge is 0.339 e. The Hall–Kier alpha value is -1.27. The summed E-state index contributed by atoms with van der Waals surface area (Å²) in [5.41, 5.74) is 6.11. The Bertz CT molecular complexity index is 600. The van der Waals surface area contributed by atoms with Crippen molar-refractivity contribution in [3.63, 3.8) is 0 Å². The minimum atomic E-state index is -0.380. The molecule has 6 heteroatoms. The number of hydrogen-bond acceptors (Lipinski definition) is 4. The topological polar surface area (TPSA) is 64.9 Å². The number of nitrogens with two attached hydrogens (primary N) is 1. The number of benzene rings is 1. The second-order valence-corrected chi connectivity index (χ2v) is 6.49.